The van der Waals surface area contributed by atoms with Gasteiger partial charge in [-0.3, -0.25) is 4.79 Å². The summed E-state index contributed by atoms with van der Waals surface area (Å²) in [6.07, 6.45) is 0.556. The maximum atomic E-state index is 11.6. The number of carbonyl (C=O) groups excluding carboxylic acids is 1. The maximum absolute atomic E-state index is 11.6. The number of carbonyl (C=O) groups is 2. The Morgan fingerprint density at radius 2 is 2.00 bits per heavy atom. The number of thiazole rings is 1. The fourth-order valence-corrected chi connectivity index (χ4v) is 2.21. The topological polar surface area (TPSA) is 79.3 Å². The molecule has 1 aromatic rings. The highest BCUT2D eigenvalue weighted by molar-refractivity contribution is 7.13. The van der Waals surface area contributed by atoms with Crippen LogP contribution in [0.3, 0.4) is 0 Å². The summed E-state index contributed by atoms with van der Waals surface area (Å²) < 4.78 is 0. The Labute approximate surface area is 110 Å². The molecular formula is C12H18N2O3S. The molecule has 0 fully saturated rings. The van der Waals surface area contributed by atoms with Crippen molar-refractivity contribution < 1.29 is 14.7 Å². The summed E-state index contributed by atoms with van der Waals surface area (Å²) in [5.74, 6) is -0.968. The van der Waals surface area contributed by atoms with E-state index in [0.717, 1.165) is 16.3 Å². The molecule has 0 unspecified atom stereocenters. The van der Waals surface area contributed by atoms with Crippen molar-refractivity contribution in [3.8, 4) is 0 Å². The molecule has 5 nitrogen and oxygen atoms in total. The Morgan fingerprint density at radius 3 is 2.44 bits per heavy atom. The molecule has 0 radical (unpaired) electrons. The summed E-state index contributed by atoms with van der Waals surface area (Å²) in [6.45, 7) is 7.69. The Morgan fingerprint density at radius 1 is 1.39 bits per heavy atom. The third kappa shape index (κ3) is 3.80. The monoisotopic (exact) mass is 270 g/mol. The molecule has 100 valence electrons. The van der Waals surface area contributed by atoms with Crippen LogP contribution in [0.5, 0.6) is 0 Å². The summed E-state index contributed by atoms with van der Waals surface area (Å²) in [7, 11) is 0. The zero-order valence-corrected chi connectivity index (χ0v) is 11.8. The molecule has 2 N–H and O–H groups in total. The predicted octanol–water partition coefficient (Wildman–Crippen LogP) is 1.85. The van der Waals surface area contributed by atoms with Crippen molar-refractivity contribution >= 4 is 23.2 Å². The molecule has 1 rings (SSSR count). The standard InChI is InChI=1S/C12H18N2O3S/c1-7-9(10(15)16)18-8(14-7)5-6-13-11(17)12(2,3)4/h5-6H2,1-4H3,(H,13,17)(H,15,16). The normalized spacial score (nSPS) is 11.3. The Hall–Kier alpha value is -1.43. The Balaban J connectivity index is 2.53. The second-order valence-electron chi connectivity index (χ2n) is 5.08. The van der Waals surface area contributed by atoms with Crippen LogP contribution in [0.25, 0.3) is 0 Å². The fourth-order valence-electron chi connectivity index (χ4n) is 1.31. The summed E-state index contributed by atoms with van der Waals surface area (Å²) >= 11 is 1.16. The first-order valence-corrected chi connectivity index (χ1v) is 6.51. The van der Waals surface area contributed by atoms with Crippen LogP contribution in [-0.2, 0) is 11.2 Å². The second kappa shape index (κ2) is 5.48. The molecule has 0 saturated heterocycles. The number of carboxylic acids is 1. The van der Waals surface area contributed by atoms with Crippen LogP contribution in [-0.4, -0.2) is 28.5 Å². The second-order valence-corrected chi connectivity index (χ2v) is 6.17. The van der Waals surface area contributed by atoms with Crippen LogP contribution in [0.4, 0.5) is 0 Å². The molecule has 1 aromatic heterocycles. The van der Waals surface area contributed by atoms with E-state index in [1.807, 2.05) is 20.8 Å². The van der Waals surface area contributed by atoms with Crippen molar-refractivity contribution in [2.75, 3.05) is 6.54 Å². The van der Waals surface area contributed by atoms with Gasteiger partial charge in [-0.15, -0.1) is 11.3 Å². The van der Waals surface area contributed by atoms with E-state index in [1.165, 1.54) is 0 Å². The molecular weight excluding hydrogens is 252 g/mol. The van der Waals surface area contributed by atoms with E-state index in [9.17, 15) is 9.59 Å². The summed E-state index contributed by atoms with van der Waals surface area (Å²) in [6, 6.07) is 0. The fraction of sp³-hybridized carbons (Fsp3) is 0.583. The number of rotatable bonds is 4. The number of hydrogen-bond acceptors (Lipinski definition) is 4. The zero-order valence-electron chi connectivity index (χ0n) is 11.0. The van der Waals surface area contributed by atoms with E-state index in [0.29, 0.717) is 18.7 Å². The third-order valence-electron chi connectivity index (χ3n) is 2.34. The summed E-state index contributed by atoms with van der Waals surface area (Å²) in [5.41, 5.74) is 0.120. The number of carboxylic acid groups (broad SMARTS) is 1. The van der Waals surface area contributed by atoms with E-state index in [-0.39, 0.29) is 10.8 Å². The van der Waals surface area contributed by atoms with Gasteiger partial charge in [0.15, 0.2) is 0 Å². The highest BCUT2D eigenvalue weighted by Gasteiger charge is 2.20. The minimum atomic E-state index is -0.949. The van der Waals surface area contributed by atoms with Gasteiger partial charge in [0.1, 0.15) is 4.88 Å². The van der Waals surface area contributed by atoms with Crippen molar-refractivity contribution in [2.45, 2.75) is 34.1 Å². The van der Waals surface area contributed by atoms with Crippen LogP contribution < -0.4 is 5.32 Å². The van der Waals surface area contributed by atoms with Crippen LogP contribution >= 0.6 is 11.3 Å². The first kappa shape index (κ1) is 14.6. The SMILES string of the molecule is Cc1nc(CCNC(=O)C(C)(C)C)sc1C(=O)O. The van der Waals surface area contributed by atoms with Crippen LogP contribution in [0, 0.1) is 12.3 Å². The third-order valence-corrected chi connectivity index (χ3v) is 3.55. The van der Waals surface area contributed by atoms with Gasteiger partial charge in [-0.1, -0.05) is 20.8 Å². The van der Waals surface area contributed by atoms with E-state index in [1.54, 1.807) is 6.92 Å². The van der Waals surface area contributed by atoms with E-state index in [4.69, 9.17) is 5.11 Å². The summed E-state index contributed by atoms with van der Waals surface area (Å²) in [5, 5.41) is 12.4. The molecule has 0 aliphatic carbocycles. The van der Waals surface area contributed by atoms with E-state index >= 15 is 0 Å². The number of nitrogens with zero attached hydrogens (tertiary/aromatic N) is 1. The number of aromatic nitrogens is 1. The molecule has 0 aromatic carbocycles. The van der Waals surface area contributed by atoms with E-state index < -0.39 is 11.4 Å². The largest absolute Gasteiger partial charge is 0.477 e. The molecule has 18 heavy (non-hydrogen) atoms. The number of aryl methyl sites for hydroxylation is 1. The minimum Gasteiger partial charge on any atom is -0.477 e. The lowest BCUT2D eigenvalue weighted by atomic mass is 9.96. The smallest absolute Gasteiger partial charge is 0.347 e. The zero-order chi connectivity index (χ0) is 13.9. The quantitative estimate of drug-likeness (QED) is 0.875. The van der Waals surface area contributed by atoms with Crippen LogP contribution in [0.1, 0.15) is 41.1 Å². The molecule has 0 atom stereocenters. The van der Waals surface area contributed by atoms with Gasteiger partial charge in [0.05, 0.1) is 10.7 Å². The van der Waals surface area contributed by atoms with Gasteiger partial charge in [-0.05, 0) is 6.92 Å². The molecule has 0 aliphatic heterocycles. The molecule has 6 heteroatoms. The number of amides is 1. The lowest BCUT2D eigenvalue weighted by molar-refractivity contribution is -0.128. The van der Waals surface area contributed by atoms with Gasteiger partial charge in [0.2, 0.25) is 5.91 Å². The Kier molecular flexibility index (Phi) is 4.45. The highest BCUT2D eigenvalue weighted by atomic mass is 32.1. The van der Waals surface area contributed by atoms with Gasteiger partial charge in [0.25, 0.3) is 0 Å². The molecule has 0 spiro atoms. The van der Waals surface area contributed by atoms with Crippen LogP contribution in [0.15, 0.2) is 0 Å². The highest BCUT2D eigenvalue weighted by Crippen LogP contribution is 2.18. The molecule has 1 heterocycles. The summed E-state index contributed by atoms with van der Waals surface area (Å²) in [4.78, 5) is 26.9. The molecule has 0 bridgehead atoms. The van der Waals surface area contributed by atoms with Crippen molar-refractivity contribution in [1.82, 2.24) is 10.3 Å². The molecule has 0 aliphatic rings. The van der Waals surface area contributed by atoms with Crippen molar-refractivity contribution in [1.29, 1.82) is 0 Å². The van der Waals surface area contributed by atoms with Gasteiger partial charge < -0.3 is 10.4 Å². The van der Waals surface area contributed by atoms with Crippen LogP contribution in [0.2, 0.25) is 0 Å². The lowest BCUT2D eigenvalue weighted by Gasteiger charge is -2.17. The van der Waals surface area contributed by atoms with Crippen molar-refractivity contribution in [3.63, 3.8) is 0 Å². The number of hydrogen-bond donors (Lipinski definition) is 2. The van der Waals surface area contributed by atoms with Gasteiger partial charge in [-0.2, -0.15) is 0 Å². The molecule has 0 saturated carbocycles. The first-order valence-electron chi connectivity index (χ1n) is 5.69. The first-order chi connectivity index (χ1) is 8.21. The van der Waals surface area contributed by atoms with Gasteiger partial charge in [-0.25, -0.2) is 9.78 Å². The Bertz CT molecular complexity index is 460. The molecule has 1 amide bonds. The van der Waals surface area contributed by atoms with E-state index in [2.05, 4.69) is 10.3 Å². The predicted molar refractivity (Wildman–Crippen MR) is 70.0 cm³/mol. The average Bonchev–Trinajstić information content (AvgIpc) is 2.58. The number of aromatic carboxylic acids is 1. The van der Waals surface area contributed by atoms with Gasteiger partial charge >= 0.3 is 5.97 Å². The maximum Gasteiger partial charge on any atom is 0.347 e. The lowest BCUT2D eigenvalue weighted by Crippen LogP contribution is -2.35. The minimum absolute atomic E-state index is 0.0192. The van der Waals surface area contributed by atoms with Crippen molar-refractivity contribution in [3.05, 3.63) is 15.6 Å². The van der Waals surface area contributed by atoms with Crippen molar-refractivity contribution in [2.24, 2.45) is 5.41 Å². The number of nitrogens with one attached hydrogen (secondary N) is 1. The van der Waals surface area contributed by atoms with Gasteiger partial charge in [0, 0.05) is 18.4 Å². The average molecular weight is 270 g/mol.